The summed E-state index contributed by atoms with van der Waals surface area (Å²) in [6, 6.07) is 37.1. The topological polar surface area (TPSA) is 16.4 Å². The van der Waals surface area contributed by atoms with Crippen LogP contribution in [0.2, 0.25) is 0 Å². The van der Waals surface area contributed by atoms with Gasteiger partial charge in [0.25, 0.3) is 0 Å². The number of rotatable bonds is 3. The minimum absolute atomic E-state index is 0.0281. The van der Waals surface area contributed by atoms with E-state index in [1.807, 2.05) is 0 Å². The molecule has 9 rings (SSSR count). The predicted octanol–water partition coefficient (Wildman–Crippen LogP) is 14.2. The summed E-state index contributed by atoms with van der Waals surface area (Å²) in [5, 5.41) is 2.31. The summed E-state index contributed by atoms with van der Waals surface area (Å²) in [6.45, 7) is 25.3. The van der Waals surface area contributed by atoms with Crippen molar-refractivity contribution in [1.29, 1.82) is 0 Å². The Labute approximate surface area is 309 Å². The number of aryl methyl sites for hydroxylation is 4. The lowest BCUT2D eigenvalue weighted by Gasteiger charge is -2.30. The second-order valence-corrected chi connectivity index (χ2v) is 17.8. The number of furan rings is 1. The zero-order chi connectivity index (χ0) is 36.6. The van der Waals surface area contributed by atoms with E-state index in [0.717, 1.165) is 39.0 Å². The van der Waals surface area contributed by atoms with Gasteiger partial charge in [-0.3, -0.25) is 0 Å². The molecule has 0 radical (unpaired) electrons. The molecule has 0 spiro atoms. The van der Waals surface area contributed by atoms with Gasteiger partial charge in [-0.25, -0.2) is 0 Å². The molecule has 2 aliphatic rings. The van der Waals surface area contributed by atoms with Gasteiger partial charge in [0.2, 0.25) is 0 Å². The normalized spacial score (nSPS) is 15.1. The predicted molar refractivity (Wildman–Crippen MR) is 221 cm³/mol. The van der Waals surface area contributed by atoms with Gasteiger partial charge in [-0.2, -0.15) is 0 Å². The molecule has 0 amide bonds. The van der Waals surface area contributed by atoms with Gasteiger partial charge in [-0.05, 0) is 131 Å². The van der Waals surface area contributed by atoms with Crippen molar-refractivity contribution in [2.45, 2.75) is 92.4 Å². The third-order valence-electron chi connectivity index (χ3n) is 12.3. The number of hydrogen-bond donors (Lipinski definition) is 0. The SMILES string of the molecule is Cc1cc(C)c2c(c1)C(C)(C)c1cc(N(c3ccc4c(c3)C(C)(C)c3cc(C)cc(C)c3-4)c3ccc4oc5c(C(C)(C)C)cccc5c4c3)ccc1-2. The molecule has 2 aliphatic carbocycles. The molecule has 0 saturated heterocycles. The zero-order valence-electron chi connectivity index (χ0n) is 32.6. The maximum Gasteiger partial charge on any atom is 0.139 e. The second-order valence-electron chi connectivity index (χ2n) is 17.8. The fraction of sp³-hybridized carbons (Fsp3) is 0.280. The van der Waals surface area contributed by atoms with E-state index in [1.54, 1.807) is 0 Å². The standard InChI is InChI=1S/C50H49NO/c1-28-21-30(3)45-36-18-15-33(26-40(36)49(8,9)42(45)23-28)51(32-17-20-44-38(25-32)35-13-12-14-39(47(35)52-44)48(5,6)7)34-16-19-37-41(27-34)50(10,11)43-24-29(2)22-31(4)46(37)43/h12-27H,1-11H3. The molecule has 0 aliphatic heterocycles. The number of benzene rings is 6. The molecular formula is C50H49NO. The molecule has 52 heavy (non-hydrogen) atoms. The van der Waals surface area contributed by atoms with E-state index in [1.165, 1.54) is 72.3 Å². The number of para-hydroxylation sites is 1. The summed E-state index contributed by atoms with van der Waals surface area (Å²) in [5.74, 6) is 0. The summed E-state index contributed by atoms with van der Waals surface area (Å²) >= 11 is 0. The van der Waals surface area contributed by atoms with Crippen LogP contribution in [-0.4, -0.2) is 0 Å². The molecule has 7 aromatic rings. The van der Waals surface area contributed by atoms with Crippen LogP contribution in [0.5, 0.6) is 0 Å². The van der Waals surface area contributed by atoms with Gasteiger partial charge in [0.1, 0.15) is 11.2 Å². The van der Waals surface area contributed by atoms with Crippen molar-refractivity contribution in [2.75, 3.05) is 4.90 Å². The monoisotopic (exact) mass is 679 g/mol. The van der Waals surface area contributed by atoms with Gasteiger partial charge in [-0.1, -0.05) is 114 Å². The summed E-state index contributed by atoms with van der Waals surface area (Å²) in [4.78, 5) is 2.47. The molecular weight excluding hydrogens is 631 g/mol. The van der Waals surface area contributed by atoms with E-state index in [2.05, 4.69) is 178 Å². The molecule has 0 N–H and O–H groups in total. The van der Waals surface area contributed by atoms with Gasteiger partial charge < -0.3 is 9.32 Å². The highest BCUT2D eigenvalue weighted by Gasteiger charge is 2.39. The van der Waals surface area contributed by atoms with Crippen molar-refractivity contribution in [3.8, 4) is 22.3 Å². The minimum Gasteiger partial charge on any atom is -0.456 e. The average Bonchev–Trinajstić information content (AvgIpc) is 3.64. The fourth-order valence-electron chi connectivity index (χ4n) is 9.70. The third-order valence-corrected chi connectivity index (χ3v) is 12.3. The Kier molecular flexibility index (Phi) is 6.77. The number of hydrogen-bond acceptors (Lipinski definition) is 2. The van der Waals surface area contributed by atoms with Gasteiger partial charge in [0.05, 0.1) is 0 Å². The fourth-order valence-corrected chi connectivity index (χ4v) is 9.70. The van der Waals surface area contributed by atoms with E-state index in [0.29, 0.717) is 0 Å². The van der Waals surface area contributed by atoms with Crippen molar-refractivity contribution in [3.05, 3.63) is 147 Å². The van der Waals surface area contributed by atoms with Crippen molar-refractivity contribution in [2.24, 2.45) is 0 Å². The number of anilines is 3. The van der Waals surface area contributed by atoms with Gasteiger partial charge >= 0.3 is 0 Å². The molecule has 0 unspecified atom stereocenters. The Balaban J connectivity index is 1.28. The summed E-state index contributed by atoms with van der Waals surface area (Å²) in [5.41, 5.74) is 22.8. The lowest BCUT2D eigenvalue weighted by molar-refractivity contribution is 0.573. The molecule has 260 valence electrons. The van der Waals surface area contributed by atoms with Crippen molar-refractivity contribution < 1.29 is 4.42 Å². The van der Waals surface area contributed by atoms with E-state index in [-0.39, 0.29) is 16.2 Å². The first kappa shape index (κ1) is 32.8. The average molecular weight is 680 g/mol. The highest BCUT2D eigenvalue weighted by molar-refractivity contribution is 6.08. The molecule has 1 heterocycles. The Hall–Kier alpha value is -5.08. The largest absolute Gasteiger partial charge is 0.456 e. The smallest absolute Gasteiger partial charge is 0.139 e. The van der Waals surface area contributed by atoms with Crippen LogP contribution in [0.4, 0.5) is 17.1 Å². The lowest BCUT2D eigenvalue weighted by Crippen LogP contribution is -2.18. The molecule has 0 saturated carbocycles. The van der Waals surface area contributed by atoms with Crippen LogP contribution >= 0.6 is 0 Å². The molecule has 2 nitrogen and oxygen atoms in total. The van der Waals surface area contributed by atoms with E-state index >= 15 is 0 Å². The molecule has 0 atom stereocenters. The second kappa shape index (κ2) is 10.7. The van der Waals surface area contributed by atoms with E-state index in [9.17, 15) is 0 Å². The van der Waals surface area contributed by atoms with Crippen LogP contribution in [0.25, 0.3) is 44.2 Å². The van der Waals surface area contributed by atoms with Gasteiger partial charge in [0, 0.05) is 44.2 Å². The van der Waals surface area contributed by atoms with Crippen molar-refractivity contribution >= 4 is 39.0 Å². The summed E-state index contributed by atoms with van der Waals surface area (Å²) < 4.78 is 6.63. The van der Waals surface area contributed by atoms with Crippen LogP contribution in [0.15, 0.2) is 101 Å². The Bertz CT molecular complexity index is 2540. The van der Waals surface area contributed by atoms with Crippen LogP contribution < -0.4 is 4.90 Å². The Morgan fingerprint density at radius 2 is 1.02 bits per heavy atom. The molecule has 0 bridgehead atoms. The third kappa shape index (κ3) is 4.56. The van der Waals surface area contributed by atoms with Crippen LogP contribution in [0.3, 0.4) is 0 Å². The lowest BCUT2D eigenvalue weighted by atomic mass is 9.81. The first-order valence-electron chi connectivity index (χ1n) is 18.8. The van der Waals surface area contributed by atoms with Crippen molar-refractivity contribution in [1.82, 2.24) is 0 Å². The van der Waals surface area contributed by atoms with Gasteiger partial charge in [-0.15, -0.1) is 0 Å². The molecule has 0 fully saturated rings. The first-order chi connectivity index (χ1) is 24.6. The molecule has 2 heteroatoms. The molecule has 1 aromatic heterocycles. The number of fused-ring (bicyclic) bond motifs is 9. The summed E-state index contributed by atoms with van der Waals surface area (Å²) in [7, 11) is 0. The zero-order valence-corrected chi connectivity index (χ0v) is 32.6. The van der Waals surface area contributed by atoms with Crippen LogP contribution in [-0.2, 0) is 16.2 Å². The van der Waals surface area contributed by atoms with Gasteiger partial charge in [0.15, 0.2) is 0 Å². The van der Waals surface area contributed by atoms with Crippen molar-refractivity contribution in [3.63, 3.8) is 0 Å². The highest BCUT2D eigenvalue weighted by Crippen LogP contribution is 2.55. The molecule has 6 aromatic carbocycles. The minimum atomic E-state index is -0.117. The first-order valence-corrected chi connectivity index (χ1v) is 18.8. The van der Waals surface area contributed by atoms with Crippen LogP contribution in [0, 0.1) is 27.7 Å². The Morgan fingerprint density at radius 3 is 1.54 bits per heavy atom. The number of nitrogens with zero attached hydrogens (tertiary/aromatic N) is 1. The van der Waals surface area contributed by atoms with E-state index in [4.69, 9.17) is 4.42 Å². The van der Waals surface area contributed by atoms with E-state index < -0.39 is 0 Å². The maximum absolute atomic E-state index is 6.63. The quantitative estimate of drug-likeness (QED) is 0.185. The maximum atomic E-state index is 6.63. The Morgan fingerprint density at radius 1 is 0.519 bits per heavy atom. The van der Waals surface area contributed by atoms with Crippen LogP contribution in [0.1, 0.15) is 98.5 Å². The highest BCUT2D eigenvalue weighted by atomic mass is 16.3. The summed E-state index contributed by atoms with van der Waals surface area (Å²) in [6.07, 6.45) is 0.